The fourth-order valence-corrected chi connectivity index (χ4v) is 3.92. The third-order valence-corrected chi connectivity index (χ3v) is 5.26. The number of hydrogen-bond acceptors (Lipinski definition) is 7. The molecular formula is C22H22O7S. The molecule has 0 fully saturated rings. The number of fused-ring (bicyclic) bond motifs is 2. The summed E-state index contributed by atoms with van der Waals surface area (Å²) in [6.45, 7) is 3.10. The second-order valence-corrected chi connectivity index (χ2v) is 8.76. The van der Waals surface area contributed by atoms with Gasteiger partial charge in [-0.3, -0.25) is 4.79 Å². The summed E-state index contributed by atoms with van der Waals surface area (Å²) < 4.78 is 45.4. The molecular weight excluding hydrogens is 408 g/mol. The van der Waals surface area contributed by atoms with Gasteiger partial charge in [0.05, 0.1) is 30.4 Å². The molecule has 0 radical (unpaired) electrons. The Bertz CT molecular complexity index is 1260. The van der Waals surface area contributed by atoms with E-state index in [1.165, 1.54) is 12.3 Å². The van der Waals surface area contributed by atoms with Crippen molar-refractivity contribution >= 4 is 21.1 Å². The van der Waals surface area contributed by atoms with Crippen molar-refractivity contribution in [2.75, 3.05) is 19.5 Å². The van der Waals surface area contributed by atoms with Crippen molar-refractivity contribution in [1.82, 2.24) is 0 Å². The van der Waals surface area contributed by atoms with Gasteiger partial charge in [-0.05, 0) is 35.7 Å². The third-order valence-electron chi connectivity index (χ3n) is 4.77. The average molecular weight is 430 g/mol. The van der Waals surface area contributed by atoms with Gasteiger partial charge in [0, 0.05) is 12.5 Å². The highest BCUT2D eigenvalue weighted by atomic mass is 32.2. The Kier molecular flexibility index (Phi) is 5.42. The summed E-state index contributed by atoms with van der Waals surface area (Å²) in [5.74, 6) is 1.42. The third kappa shape index (κ3) is 4.14. The first kappa shape index (κ1) is 20.3. The summed E-state index contributed by atoms with van der Waals surface area (Å²) in [5, 5.41) is 0.365. The molecule has 0 saturated carbocycles. The standard InChI is InChI=1S/C22H22O7S/c1-3-5-15-10-16-20(12-19(15)29-30(2,24)25)28-13-17(22(16)23)14-6-7-18-21(11-14)27-9-4-8-26-18/h6-7,10-13H,3-5,8-9H2,1-2H3. The van der Waals surface area contributed by atoms with Crippen LogP contribution in [0.2, 0.25) is 0 Å². The summed E-state index contributed by atoms with van der Waals surface area (Å²) in [6.07, 6.45) is 4.47. The molecule has 1 aliphatic heterocycles. The highest BCUT2D eigenvalue weighted by molar-refractivity contribution is 7.86. The molecule has 0 aliphatic carbocycles. The fourth-order valence-electron chi connectivity index (χ4n) is 3.44. The Labute approximate surface area is 174 Å². The monoisotopic (exact) mass is 430 g/mol. The lowest BCUT2D eigenvalue weighted by molar-refractivity contribution is 0.297. The normalized spacial score (nSPS) is 13.8. The molecule has 2 aromatic carbocycles. The summed E-state index contributed by atoms with van der Waals surface area (Å²) in [7, 11) is -3.71. The van der Waals surface area contributed by atoms with Gasteiger partial charge in [0.25, 0.3) is 0 Å². The molecule has 2 heterocycles. The summed E-state index contributed by atoms with van der Waals surface area (Å²) in [4.78, 5) is 13.2. The van der Waals surface area contributed by atoms with Crippen LogP contribution in [-0.4, -0.2) is 27.9 Å². The number of hydrogen-bond donors (Lipinski definition) is 0. The first-order valence-corrected chi connectivity index (χ1v) is 11.6. The predicted octanol–water partition coefficient (Wildman–Crippen LogP) is 3.91. The second-order valence-electron chi connectivity index (χ2n) is 7.18. The van der Waals surface area contributed by atoms with E-state index in [1.807, 2.05) is 6.92 Å². The number of ether oxygens (including phenoxy) is 2. The molecule has 158 valence electrons. The van der Waals surface area contributed by atoms with Gasteiger partial charge >= 0.3 is 10.1 Å². The van der Waals surface area contributed by atoms with Crippen LogP contribution in [0.25, 0.3) is 22.1 Å². The Morgan fingerprint density at radius 3 is 2.57 bits per heavy atom. The second kappa shape index (κ2) is 8.02. The number of aryl methyl sites for hydroxylation is 1. The van der Waals surface area contributed by atoms with Crippen LogP contribution < -0.4 is 19.1 Å². The number of benzene rings is 2. The summed E-state index contributed by atoms with van der Waals surface area (Å²) in [5.41, 5.74) is 1.73. The van der Waals surface area contributed by atoms with Gasteiger partial charge < -0.3 is 18.1 Å². The largest absolute Gasteiger partial charge is 0.490 e. The first-order chi connectivity index (χ1) is 14.4. The molecule has 30 heavy (non-hydrogen) atoms. The average Bonchev–Trinajstić information content (AvgIpc) is 2.93. The van der Waals surface area contributed by atoms with Crippen LogP contribution in [0.3, 0.4) is 0 Å². The van der Waals surface area contributed by atoms with Crippen molar-refractivity contribution in [3.05, 3.63) is 52.4 Å². The lowest BCUT2D eigenvalue weighted by Crippen LogP contribution is -2.10. The minimum atomic E-state index is -3.71. The van der Waals surface area contributed by atoms with Crippen molar-refractivity contribution in [2.24, 2.45) is 0 Å². The molecule has 0 atom stereocenters. The van der Waals surface area contributed by atoms with Crippen LogP contribution in [0, 0.1) is 0 Å². The topological polar surface area (TPSA) is 92.0 Å². The quantitative estimate of drug-likeness (QED) is 0.567. The van der Waals surface area contributed by atoms with E-state index < -0.39 is 10.1 Å². The molecule has 1 aromatic heterocycles. The first-order valence-electron chi connectivity index (χ1n) is 9.73. The van der Waals surface area contributed by atoms with Crippen LogP contribution in [-0.2, 0) is 16.5 Å². The van der Waals surface area contributed by atoms with E-state index in [1.54, 1.807) is 24.3 Å². The highest BCUT2D eigenvalue weighted by Gasteiger charge is 2.18. The van der Waals surface area contributed by atoms with Gasteiger partial charge in [-0.15, -0.1) is 0 Å². The lowest BCUT2D eigenvalue weighted by Gasteiger charge is -2.12. The van der Waals surface area contributed by atoms with Crippen LogP contribution in [0.5, 0.6) is 17.2 Å². The van der Waals surface area contributed by atoms with Gasteiger partial charge in [0.2, 0.25) is 5.43 Å². The van der Waals surface area contributed by atoms with E-state index in [9.17, 15) is 13.2 Å². The van der Waals surface area contributed by atoms with Crippen LogP contribution in [0.15, 0.2) is 45.8 Å². The predicted molar refractivity (Wildman–Crippen MR) is 113 cm³/mol. The SMILES string of the molecule is CCCc1cc2c(=O)c(-c3ccc4c(c3)OCCCO4)coc2cc1OS(C)(=O)=O. The van der Waals surface area contributed by atoms with Crippen molar-refractivity contribution in [3.8, 4) is 28.4 Å². The maximum atomic E-state index is 13.2. The Morgan fingerprint density at radius 2 is 1.83 bits per heavy atom. The molecule has 4 rings (SSSR count). The number of rotatable bonds is 5. The van der Waals surface area contributed by atoms with Crippen molar-refractivity contribution in [1.29, 1.82) is 0 Å². The van der Waals surface area contributed by atoms with E-state index >= 15 is 0 Å². The minimum absolute atomic E-state index is 0.179. The molecule has 0 unspecified atom stereocenters. The Morgan fingerprint density at radius 1 is 1.07 bits per heavy atom. The van der Waals surface area contributed by atoms with E-state index in [-0.39, 0.29) is 16.8 Å². The van der Waals surface area contributed by atoms with Crippen LogP contribution in [0.4, 0.5) is 0 Å². The van der Waals surface area contributed by atoms with E-state index in [0.29, 0.717) is 53.2 Å². The zero-order chi connectivity index (χ0) is 21.3. The maximum absolute atomic E-state index is 13.2. The molecule has 1 aliphatic rings. The molecule has 3 aromatic rings. The Balaban J connectivity index is 1.83. The molecule has 0 spiro atoms. The molecule has 0 N–H and O–H groups in total. The van der Waals surface area contributed by atoms with Gasteiger partial charge in [0.1, 0.15) is 17.6 Å². The van der Waals surface area contributed by atoms with Gasteiger partial charge in [-0.25, -0.2) is 0 Å². The minimum Gasteiger partial charge on any atom is -0.490 e. The highest BCUT2D eigenvalue weighted by Crippen LogP contribution is 2.34. The molecule has 8 heteroatoms. The Hall–Kier alpha value is -3.00. The van der Waals surface area contributed by atoms with Crippen molar-refractivity contribution in [3.63, 3.8) is 0 Å². The van der Waals surface area contributed by atoms with Gasteiger partial charge in [-0.1, -0.05) is 19.4 Å². The smallest absolute Gasteiger partial charge is 0.306 e. The summed E-state index contributed by atoms with van der Waals surface area (Å²) >= 11 is 0. The van der Waals surface area contributed by atoms with E-state index in [4.69, 9.17) is 18.1 Å². The maximum Gasteiger partial charge on any atom is 0.306 e. The van der Waals surface area contributed by atoms with Gasteiger partial charge in [0.15, 0.2) is 11.5 Å². The zero-order valence-corrected chi connectivity index (χ0v) is 17.6. The molecule has 0 saturated heterocycles. The van der Waals surface area contributed by atoms with Gasteiger partial charge in [-0.2, -0.15) is 8.42 Å². The molecule has 0 amide bonds. The molecule has 7 nitrogen and oxygen atoms in total. The van der Waals surface area contributed by atoms with E-state index in [0.717, 1.165) is 19.1 Å². The molecule has 0 bridgehead atoms. The van der Waals surface area contributed by atoms with Crippen molar-refractivity contribution < 1.29 is 26.5 Å². The summed E-state index contributed by atoms with van der Waals surface area (Å²) in [6, 6.07) is 8.45. The lowest BCUT2D eigenvalue weighted by atomic mass is 10.0. The van der Waals surface area contributed by atoms with E-state index in [2.05, 4.69) is 0 Å². The van der Waals surface area contributed by atoms with Crippen LogP contribution >= 0.6 is 0 Å². The van der Waals surface area contributed by atoms with Crippen molar-refractivity contribution in [2.45, 2.75) is 26.2 Å². The van der Waals surface area contributed by atoms with Crippen LogP contribution in [0.1, 0.15) is 25.3 Å². The fraction of sp³-hybridized carbons (Fsp3) is 0.318. The zero-order valence-electron chi connectivity index (χ0n) is 16.8.